The molecule has 0 aliphatic rings. The zero-order chi connectivity index (χ0) is 13.7. The summed E-state index contributed by atoms with van der Waals surface area (Å²) >= 11 is 0. The molecule has 0 aliphatic carbocycles. The molecule has 0 heterocycles. The summed E-state index contributed by atoms with van der Waals surface area (Å²) in [6.07, 6.45) is 0. The fourth-order valence-corrected chi connectivity index (χ4v) is 1.55. The average molecular weight is 257 g/mol. The number of methoxy groups -OCH3 is 2. The maximum atomic E-state index is 5.73. The fourth-order valence-electron chi connectivity index (χ4n) is 1.55. The number of hydrogen-bond donors (Lipinski definition) is 1. The van der Waals surface area contributed by atoms with Crippen LogP contribution in [0.1, 0.15) is 0 Å². The van der Waals surface area contributed by atoms with E-state index in [0.29, 0.717) is 17.1 Å². The van der Waals surface area contributed by atoms with E-state index in [1.807, 2.05) is 18.2 Å². The topological polar surface area (TPSA) is 69.2 Å². The van der Waals surface area contributed by atoms with Gasteiger partial charge in [-0.05, 0) is 24.3 Å². The molecule has 2 aromatic carbocycles. The van der Waals surface area contributed by atoms with E-state index in [9.17, 15) is 0 Å². The summed E-state index contributed by atoms with van der Waals surface area (Å²) in [7, 11) is 3.18. The van der Waals surface area contributed by atoms with Gasteiger partial charge in [0.2, 0.25) is 0 Å². The van der Waals surface area contributed by atoms with E-state index in [1.165, 1.54) is 0 Å². The first-order valence-electron chi connectivity index (χ1n) is 5.72. The van der Waals surface area contributed by atoms with Gasteiger partial charge in [-0.2, -0.15) is 10.2 Å². The molecule has 0 saturated carbocycles. The van der Waals surface area contributed by atoms with Crippen LogP contribution in [0, 0.1) is 0 Å². The normalized spacial score (nSPS) is 10.6. The second-order valence-electron chi connectivity index (χ2n) is 3.83. The first-order chi connectivity index (χ1) is 9.22. The molecule has 0 amide bonds. The number of nitrogen functional groups attached to an aromatic ring is 1. The van der Waals surface area contributed by atoms with Crippen LogP contribution in [0.2, 0.25) is 0 Å². The molecule has 0 aromatic heterocycles. The number of azo groups is 1. The molecule has 98 valence electrons. The molecule has 2 rings (SSSR count). The number of nitrogens with zero attached hydrogens (tertiary/aromatic N) is 2. The lowest BCUT2D eigenvalue weighted by atomic mass is 10.2. The lowest BCUT2D eigenvalue weighted by Crippen LogP contribution is -1.90. The van der Waals surface area contributed by atoms with Gasteiger partial charge in [0, 0.05) is 12.1 Å². The number of benzene rings is 2. The average Bonchev–Trinajstić information content (AvgIpc) is 2.46. The molecule has 2 N–H and O–H groups in total. The third-order valence-electron chi connectivity index (χ3n) is 2.55. The Morgan fingerprint density at radius 2 is 1.63 bits per heavy atom. The van der Waals surface area contributed by atoms with Gasteiger partial charge in [0.15, 0.2) is 0 Å². The van der Waals surface area contributed by atoms with Gasteiger partial charge in [0.25, 0.3) is 0 Å². The maximum Gasteiger partial charge on any atom is 0.143 e. The van der Waals surface area contributed by atoms with Gasteiger partial charge in [-0.3, -0.25) is 0 Å². The smallest absolute Gasteiger partial charge is 0.143 e. The summed E-state index contributed by atoms with van der Waals surface area (Å²) in [5.74, 6) is 1.33. The maximum absolute atomic E-state index is 5.73. The molecule has 5 nitrogen and oxygen atoms in total. The van der Waals surface area contributed by atoms with Crippen LogP contribution in [-0.2, 0) is 0 Å². The van der Waals surface area contributed by atoms with Crippen molar-refractivity contribution in [2.75, 3.05) is 20.0 Å². The second-order valence-corrected chi connectivity index (χ2v) is 3.83. The van der Waals surface area contributed by atoms with Crippen molar-refractivity contribution >= 4 is 17.1 Å². The van der Waals surface area contributed by atoms with Gasteiger partial charge in [0.1, 0.15) is 11.5 Å². The lowest BCUT2D eigenvalue weighted by Gasteiger charge is -2.04. The van der Waals surface area contributed by atoms with Crippen LogP contribution in [0.5, 0.6) is 11.5 Å². The summed E-state index contributed by atoms with van der Waals surface area (Å²) in [4.78, 5) is 0. The summed E-state index contributed by atoms with van der Waals surface area (Å²) in [5, 5.41) is 8.27. The van der Waals surface area contributed by atoms with Crippen molar-refractivity contribution in [3.63, 3.8) is 0 Å². The van der Waals surface area contributed by atoms with E-state index < -0.39 is 0 Å². The van der Waals surface area contributed by atoms with E-state index in [-0.39, 0.29) is 0 Å². The van der Waals surface area contributed by atoms with E-state index >= 15 is 0 Å². The van der Waals surface area contributed by atoms with Crippen LogP contribution in [0.25, 0.3) is 0 Å². The van der Waals surface area contributed by atoms with Crippen LogP contribution < -0.4 is 15.2 Å². The van der Waals surface area contributed by atoms with Crippen LogP contribution in [-0.4, -0.2) is 14.2 Å². The van der Waals surface area contributed by atoms with E-state index in [4.69, 9.17) is 15.2 Å². The van der Waals surface area contributed by atoms with Gasteiger partial charge in [-0.15, -0.1) is 0 Å². The highest BCUT2D eigenvalue weighted by atomic mass is 16.5. The molecule has 0 atom stereocenters. The lowest BCUT2D eigenvalue weighted by molar-refractivity contribution is 0.415. The zero-order valence-electron chi connectivity index (χ0n) is 10.8. The largest absolute Gasteiger partial charge is 0.497 e. The van der Waals surface area contributed by atoms with Crippen molar-refractivity contribution in [3.8, 4) is 11.5 Å². The van der Waals surface area contributed by atoms with Gasteiger partial charge < -0.3 is 15.2 Å². The Balaban J connectivity index is 2.22. The Bertz CT molecular complexity index is 597. The quantitative estimate of drug-likeness (QED) is 0.670. The Morgan fingerprint density at radius 1 is 0.895 bits per heavy atom. The Kier molecular flexibility index (Phi) is 3.97. The molecular formula is C14H15N3O2. The van der Waals surface area contributed by atoms with Crippen LogP contribution in [0.15, 0.2) is 52.7 Å². The molecule has 5 heteroatoms. The minimum absolute atomic E-state index is 0.572. The summed E-state index contributed by atoms with van der Waals surface area (Å²) < 4.78 is 10.2. The monoisotopic (exact) mass is 257 g/mol. The molecule has 19 heavy (non-hydrogen) atoms. The molecular weight excluding hydrogens is 242 g/mol. The molecule has 0 aliphatic heterocycles. The molecule has 0 spiro atoms. The van der Waals surface area contributed by atoms with E-state index in [0.717, 1.165) is 11.4 Å². The third kappa shape index (κ3) is 3.22. The molecule has 0 unspecified atom stereocenters. The van der Waals surface area contributed by atoms with Crippen molar-refractivity contribution in [1.29, 1.82) is 0 Å². The van der Waals surface area contributed by atoms with E-state index in [1.54, 1.807) is 38.5 Å². The van der Waals surface area contributed by atoms with Crippen molar-refractivity contribution in [2.24, 2.45) is 10.2 Å². The van der Waals surface area contributed by atoms with Crippen LogP contribution in [0.4, 0.5) is 17.1 Å². The molecule has 2 aromatic rings. The number of anilines is 1. The summed E-state index contributed by atoms with van der Waals surface area (Å²) in [6.45, 7) is 0. The second kappa shape index (κ2) is 5.86. The number of hydrogen-bond acceptors (Lipinski definition) is 5. The predicted octanol–water partition coefficient (Wildman–Crippen LogP) is 3.70. The predicted molar refractivity (Wildman–Crippen MR) is 74.6 cm³/mol. The van der Waals surface area contributed by atoms with E-state index in [2.05, 4.69) is 10.2 Å². The standard InChI is InChI=1S/C14H15N3O2/c1-18-12-5-3-4-10(8-12)16-17-11-6-7-13(15)14(9-11)19-2/h3-9H,15H2,1-2H3. The number of nitrogens with two attached hydrogens (primary N) is 1. The van der Waals surface area contributed by atoms with Gasteiger partial charge in [-0.25, -0.2) is 0 Å². The Morgan fingerprint density at radius 3 is 2.32 bits per heavy atom. The van der Waals surface area contributed by atoms with Gasteiger partial charge in [-0.1, -0.05) is 6.07 Å². The van der Waals surface area contributed by atoms with Crippen molar-refractivity contribution < 1.29 is 9.47 Å². The Labute approximate surface area is 111 Å². The van der Waals surface area contributed by atoms with Crippen LogP contribution >= 0.6 is 0 Å². The highest BCUT2D eigenvalue weighted by Gasteiger charge is 2.00. The zero-order valence-corrected chi connectivity index (χ0v) is 10.8. The first kappa shape index (κ1) is 12.9. The molecule has 0 saturated heterocycles. The summed E-state index contributed by atoms with van der Waals surface area (Å²) in [5.41, 5.74) is 7.70. The van der Waals surface area contributed by atoms with Crippen molar-refractivity contribution in [1.82, 2.24) is 0 Å². The fraction of sp³-hybridized carbons (Fsp3) is 0.143. The number of rotatable bonds is 4. The molecule has 0 bridgehead atoms. The molecule has 0 radical (unpaired) electrons. The third-order valence-corrected chi connectivity index (χ3v) is 2.55. The van der Waals surface area contributed by atoms with Gasteiger partial charge in [0.05, 0.1) is 31.3 Å². The Hall–Kier alpha value is -2.56. The van der Waals surface area contributed by atoms with Crippen molar-refractivity contribution in [2.45, 2.75) is 0 Å². The van der Waals surface area contributed by atoms with Crippen molar-refractivity contribution in [3.05, 3.63) is 42.5 Å². The SMILES string of the molecule is COc1cccc(N=Nc2ccc(N)c(OC)c2)c1. The minimum atomic E-state index is 0.572. The van der Waals surface area contributed by atoms with Gasteiger partial charge >= 0.3 is 0 Å². The first-order valence-corrected chi connectivity index (χ1v) is 5.72. The highest BCUT2D eigenvalue weighted by molar-refractivity contribution is 5.59. The van der Waals surface area contributed by atoms with Crippen LogP contribution in [0.3, 0.4) is 0 Å². The molecule has 0 fully saturated rings. The highest BCUT2D eigenvalue weighted by Crippen LogP contribution is 2.28. The summed E-state index contributed by atoms with van der Waals surface area (Å²) in [6, 6.07) is 12.6. The number of ether oxygens (including phenoxy) is 2. The minimum Gasteiger partial charge on any atom is -0.497 e.